The molecule has 0 aliphatic carbocycles. The number of benzene rings is 4. The van der Waals surface area contributed by atoms with Crippen molar-refractivity contribution in [3.05, 3.63) is 93.0 Å². The van der Waals surface area contributed by atoms with E-state index in [1.54, 1.807) is 30.3 Å². The maximum Gasteiger partial charge on any atom is 0.416 e. The molecule has 0 unspecified atom stereocenters. The van der Waals surface area contributed by atoms with E-state index >= 15 is 0 Å². The molecule has 2 aromatic heterocycles. The Morgan fingerprint density at radius 2 is 1.13 bits per heavy atom. The number of aliphatic hydroxyl groups excluding tert-OH is 1. The molecule has 46 heavy (non-hydrogen) atoms. The number of fused-ring (bicyclic) bond motifs is 2. The Hall–Kier alpha value is -4.17. The molecule has 248 valence electrons. The number of nitrogens with zero attached hydrogens (tertiary/aromatic N) is 1. The van der Waals surface area contributed by atoms with Crippen LogP contribution in [0.25, 0.3) is 54.6 Å². The van der Waals surface area contributed by atoms with Gasteiger partial charge in [-0.25, -0.2) is 0 Å². The molecule has 6 aromatic rings. The number of alkyl halides is 3. The Bertz CT molecular complexity index is 1910. The van der Waals surface area contributed by atoms with E-state index in [2.05, 4.69) is 0 Å². The molecule has 0 atom stereocenters. The van der Waals surface area contributed by atoms with Gasteiger partial charge in [0.2, 0.25) is 0 Å². The van der Waals surface area contributed by atoms with Gasteiger partial charge in [-0.2, -0.15) is 13.2 Å². The molecule has 0 saturated carbocycles. The van der Waals surface area contributed by atoms with Gasteiger partial charge >= 0.3 is 6.18 Å². The Morgan fingerprint density at radius 1 is 0.609 bits per heavy atom. The molecule has 1 N–H and O–H groups in total. The number of unbranched alkanes of at least 4 members (excludes halogenated alkanes) is 2. The first-order valence-corrected chi connectivity index (χ1v) is 16.3. The topological polar surface area (TPSA) is 72.4 Å². The summed E-state index contributed by atoms with van der Waals surface area (Å²) >= 11 is 0. The normalized spacial score (nSPS) is 10.8. The summed E-state index contributed by atoms with van der Waals surface area (Å²) in [6.07, 6.45) is -2.48. The van der Waals surface area contributed by atoms with Crippen LogP contribution in [0.2, 0.25) is 0 Å². The first-order valence-electron chi connectivity index (χ1n) is 16.3. The average molecular weight is 638 g/mol. The van der Waals surface area contributed by atoms with E-state index in [4.69, 9.17) is 9.52 Å². The molecule has 2 heterocycles. The number of aromatic nitrogens is 1. The van der Waals surface area contributed by atoms with Crippen molar-refractivity contribution in [3.63, 3.8) is 0 Å². The largest absolute Gasteiger partial charge is 0.456 e. The van der Waals surface area contributed by atoms with E-state index < -0.39 is 11.7 Å². The Balaban J connectivity index is 0.000000856. The Morgan fingerprint density at radius 3 is 1.70 bits per heavy atom. The second-order valence-corrected chi connectivity index (χ2v) is 9.46. The maximum atomic E-state index is 13.3. The second-order valence-electron chi connectivity index (χ2n) is 9.46. The fourth-order valence-corrected chi connectivity index (χ4v) is 5.25. The third-order valence-electron chi connectivity index (χ3n) is 7.15. The van der Waals surface area contributed by atoms with Crippen LogP contribution < -0.4 is 11.1 Å². The zero-order valence-electron chi connectivity index (χ0n) is 28.1. The first kappa shape index (κ1) is 38.0. The number of rotatable bonds is 6. The van der Waals surface area contributed by atoms with Gasteiger partial charge in [0, 0.05) is 40.1 Å². The SMILES string of the molecule is CC.CC.CC.CC.O=c1c2ccc3oc4ccc(-c5ccc(C(F)(F)F)cc5)cc4c4ccc(c(=O)n1CCCCCO)c2c34. The molecule has 0 fully saturated rings. The number of hydrogen-bond donors (Lipinski definition) is 1. The van der Waals surface area contributed by atoms with Gasteiger partial charge in [0.15, 0.2) is 0 Å². The molecule has 0 aliphatic heterocycles. The van der Waals surface area contributed by atoms with E-state index in [9.17, 15) is 22.8 Å². The van der Waals surface area contributed by atoms with Crippen LogP contribution in [0.15, 0.2) is 80.7 Å². The van der Waals surface area contributed by atoms with Gasteiger partial charge in [0.1, 0.15) is 11.2 Å². The van der Waals surface area contributed by atoms with Gasteiger partial charge in [-0.3, -0.25) is 14.2 Å². The molecular formula is C38H46F3NO4. The molecule has 0 bridgehead atoms. The van der Waals surface area contributed by atoms with Gasteiger partial charge in [0.05, 0.1) is 5.56 Å². The molecule has 6 rings (SSSR count). The van der Waals surface area contributed by atoms with E-state index in [-0.39, 0.29) is 24.3 Å². The summed E-state index contributed by atoms with van der Waals surface area (Å²) in [6, 6.07) is 17.4. The Kier molecular flexibility index (Phi) is 14.5. The van der Waals surface area contributed by atoms with Gasteiger partial charge in [0.25, 0.3) is 11.1 Å². The van der Waals surface area contributed by atoms with Crippen LogP contribution in [-0.4, -0.2) is 16.3 Å². The third kappa shape index (κ3) is 7.61. The predicted octanol–water partition coefficient (Wildman–Crippen LogP) is 10.8. The lowest BCUT2D eigenvalue weighted by Crippen LogP contribution is -2.33. The van der Waals surface area contributed by atoms with E-state index in [0.29, 0.717) is 63.1 Å². The van der Waals surface area contributed by atoms with Crippen LogP contribution in [0, 0.1) is 0 Å². The van der Waals surface area contributed by atoms with Crippen LogP contribution in [-0.2, 0) is 12.7 Å². The summed E-state index contributed by atoms with van der Waals surface area (Å²) in [7, 11) is 0. The lowest BCUT2D eigenvalue weighted by Gasteiger charge is -2.14. The van der Waals surface area contributed by atoms with E-state index in [0.717, 1.165) is 22.9 Å². The maximum absolute atomic E-state index is 13.3. The first-order chi connectivity index (χ1) is 22.3. The molecule has 0 amide bonds. The van der Waals surface area contributed by atoms with Gasteiger partial charge in [-0.15, -0.1) is 0 Å². The molecular weight excluding hydrogens is 591 g/mol. The number of aliphatic hydroxyl groups is 1. The zero-order chi connectivity index (χ0) is 34.6. The van der Waals surface area contributed by atoms with Gasteiger partial charge < -0.3 is 9.52 Å². The minimum atomic E-state index is -4.41. The van der Waals surface area contributed by atoms with Crippen molar-refractivity contribution in [1.82, 2.24) is 4.57 Å². The summed E-state index contributed by atoms with van der Waals surface area (Å²) in [5, 5.41) is 12.6. The fourth-order valence-electron chi connectivity index (χ4n) is 5.25. The minimum Gasteiger partial charge on any atom is -0.456 e. The highest BCUT2D eigenvalue weighted by Gasteiger charge is 2.30. The summed E-state index contributed by atoms with van der Waals surface area (Å²) in [4.78, 5) is 26.6. The van der Waals surface area contributed by atoms with Crippen molar-refractivity contribution in [2.24, 2.45) is 0 Å². The fraction of sp³-hybridized carbons (Fsp3) is 0.368. The molecule has 0 spiro atoms. The van der Waals surface area contributed by atoms with Gasteiger partial charge in [-0.05, 0) is 78.2 Å². The second kappa shape index (κ2) is 17.5. The highest BCUT2D eigenvalue weighted by Crippen LogP contribution is 2.38. The van der Waals surface area contributed by atoms with E-state index in [1.165, 1.54) is 16.7 Å². The summed E-state index contributed by atoms with van der Waals surface area (Å²) in [6.45, 7) is 16.3. The number of halogens is 3. The average Bonchev–Trinajstić information content (AvgIpc) is 3.10. The van der Waals surface area contributed by atoms with Crippen molar-refractivity contribution in [1.29, 1.82) is 0 Å². The third-order valence-corrected chi connectivity index (χ3v) is 7.15. The van der Waals surface area contributed by atoms with Crippen LogP contribution in [0.1, 0.15) is 80.2 Å². The highest BCUT2D eigenvalue weighted by molar-refractivity contribution is 6.26. The van der Waals surface area contributed by atoms with Crippen LogP contribution in [0.3, 0.4) is 0 Å². The summed E-state index contributed by atoms with van der Waals surface area (Å²) in [5.41, 5.74) is 1.01. The smallest absolute Gasteiger partial charge is 0.416 e. The molecule has 5 nitrogen and oxygen atoms in total. The number of hydrogen-bond acceptors (Lipinski definition) is 4. The van der Waals surface area contributed by atoms with Crippen molar-refractivity contribution in [3.8, 4) is 11.1 Å². The van der Waals surface area contributed by atoms with Gasteiger partial charge in [-0.1, -0.05) is 79.7 Å². The Labute approximate surface area is 268 Å². The van der Waals surface area contributed by atoms with Crippen molar-refractivity contribution >= 4 is 43.5 Å². The minimum absolute atomic E-state index is 0.0671. The summed E-state index contributed by atoms with van der Waals surface area (Å²) in [5.74, 6) is 0. The van der Waals surface area contributed by atoms with Crippen molar-refractivity contribution in [2.45, 2.75) is 87.4 Å². The molecule has 0 saturated heterocycles. The standard InChI is InChI=1S/C30H22F3NO4.4C2H6/c31-30(32,33)19-7-4-17(5-8-19)18-6-12-24-23(16-18)20-9-10-21-26-22(11-13-25(38-24)27(20)26)29(37)34(28(21)36)14-2-1-3-15-35;4*1-2/h4-13,16,35H,1-3,14-15H2;4*1-2H3. The quantitative estimate of drug-likeness (QED) is 0.112. The zero-order valence-corrected chi connectivity index (χ0v) is 28.1. The van der Waals surface area contributed by atoms with Crippen LogP contribution in [0.4, 0.5) is 13.2 Å². The van der Waals surface area contributed by atoms with Crippen LogP contribution in [0.5, 0.6) is 0 Å². The van der Waals surface area contributed by atoms with Crippen molar-refractivity contribution in [2.75, 3.05) is 6.61 Å². The monoisotopic (exact) mass is 637 g/mol. The van der Waals surface area contributed by atoms with Crippen LogP contribution >= 0.6 is 0 Å². The molecule has 0 aliphatic rings. The summed E-state index contributed by atoms with van der Waals surface area (Å²) < 4.78 is 46.5. The van der Waals surface area contributed by atoms with Crippen molar-refractivity contribution < 1.29 is 22.7 Å². The molecule has 4 aromatic carbocycles. The van der Waals surface area contributed by atoms with E-state index in [1.807, 2.05) is 67.5 Å². The predicted molar refractivity (Wildman–Crippen MR) is 187 cm³/mol. The molecule has 8 heteroatoms. The molecule has 0 radical (unpaired) electrons. The number of pyridine rings is 1. The lowest BCUT2D eigenvalue weighted by atomic mass is 9.95. The lowest BCUT2D eigenvalue weighted by molar-refractivity contribution is -0.137. The highest BCUT2D eigenvalue weighted by atomic mass is 19.4.